The van der Waals surface area contributed by atoms with Gasteiger partial charge >= 0.3 is 0 Å². The highest BCUT2D eigenvalue weighted by Crippen LogP contribution is 2.14. The summed E-state index contributed by atoms with van der Waals surface area (Å²) in [4.78, 5) is 4.20. The maximum atomic E-state index is 5.38. The fourth-order valence-corrected chi connectivity index (χ4v) is 1.06. The van der Waals surface area contributed by atoms with Crippen molar-refractivity contribution >= 4 is 12.4 Å². The van der Waals surface area contributed by atoms with E-state index in [4.69, 9.17) is 10.2 Å². The van der Waals surface area contributed by atoms with Crippen molar-refractivity contribution in [3.63, 3.8) is 0 Å². The first kappa shape index (κ1) is 10.7. The Balaban J connectivity index is 0.000000980. The molecule has 0 atom stereocenters. The third kappa shape index (κ3) is 2.12. The highest BCUT2D eigenvalue weighted by molar-refractivity contribution is 5.85. The van der Waals surface area contributed by atoms with Crippen LogP contribution < -0.4 is 5.73 Å². The monoisotopic (exact) mass is 214 g/mol. The molecular formula is C8H11ClN4O. The van der Waals surface area contributed by atoms with Gasteiger partial charge in [-0.25, -0.2) is 4.98 Å². The minimum Gasteiger partial charge on any atom is -0.461 e. The van der Waals surface area contributed by atoms with Crippen LogP contribution in [0.5, 0.6) is 0 Å². The van der Waals surface area contributed by atoms with Gasteiger partial charge in [-0.15, -0.1) is 12.4 Å². The Morgan fingerprint density at radius 1 is 1.50 bits per heavy atom. The van der Waals surface area contributed by atoms with Crippen molar-refractivity contribution in [2.45, 2.75) is 6.42 Å². The topological polar surface area (TPSA) is 80.7 Å². The molecule has 0 spiro atoms. The number of rotatable bonds is 3. The third-order valence-corrected chi connectivity index (χ3v) is 1.65. The van der Waals surface area contributed by atoms with Gasteiger partial charge < -0.3 is 10.2 Å². The van der Waals surface area contributed by atoms with E-state index < -0.39 is 0 Å². The molecule has 0 fully saturated rings. The third-order valence-electron chi connectivity index (χ3n) is 1.65. The molecule has 2 aromatic heterocycles. The zero-order valence-corrected chi connectivity index (χ0v) is 8.25. The van der Waals surface area contributed by atoms with Crippen LogP contribution in [0.25, 0.3) is 11.6 Å². The molecule has 6 heteroatoms. The van der Waals surface area contributed by atoms with Crippen LogP contribution >= 0.6 is 12.4 Å². The molecule has 0 unspecified atom stereocenters. The van der Waals surface area contributed by atoms with E-state index in [0.29, 0.717) is 24.6 Å². The Morgan fingerprint density at radius 3 is 3.00 bits per heavy atom. The predicted molar refractivity (Wildman–Crippen MR) is 54.1 cm³/mol. The molecule has 0 saturated heterocycles. The van der Waals surface area contributed by atoms with Crippen LogP contribution in [0.1, 0.15) is 5.82 Å². The molecule has 0 aliphatic rings. The first-order valence-electron chi connectivity index (χ1n) is 4.05. The van der Waals surface area contributed by atoms with Crippen LogP contribution in [0.2, 0.25) is 0 Å². The van der Waals surface area contributed by atoms with Crippen molar-refractivity contribution in [3.05, 3.63) is 24.2 Å². The second-order valence-corrected chi connectivity index (χ2v) is 2.62. The van der Waals surface area contributed by atoms with Crippen LogP contribution in [0.15, 0.2) is 22.8 Å². The lowest BCUT2D eigenvalue weighted by Gasteiger charge is -1.86. The lowest BCUT2D eigenvalue weighted by Crippen LogP contribution is -2.03. The molecular weight excluding hydrogens is 204 g/mol. The maximum Gasteiger partial charge on any atom is 0.216 e. The molecule has 0 bridgehead atoms. The second-order valence-electron chi connectivity index (χ2n) is 2.62. The summed E-state index contributed by atoms with van der Waals surface area (Å²) in [5.74, 6) is 2.03. The van der Waals surface area contributed by atoms with Crippen molar-refractivity contribution in [1.29, 1.82) is 0 Å². The molecule has 2 aromatic rings. The summed E-state index contributed by atoms with van der Waals surface area (Å²) in [6.07, 6.45) is 2.29. The first-order chi connectivity index (χ1) is 6.40. The van der Waals surface area contributed by atoms with Gasteiger partial charge in [0.15, 0.2) is 5.76 Å². The molecule has 0 saturated carbocycles. The number of nitrogens with zero attached hydrogens (tertiary/aromatic N) is 2. The van der Waals surface area contributed by atoms with Crippen molar-refractivity contribution in [1.82, 2.24) is 15.2 Å². The van der Waals surface area contributed by atoms with E-state index >= 15 is 0 Å². The summed E-state index contributed by atoms with van der Waals surface area (Å²) in [5.41, 5.74) is 5.38. The fraction of sp³-hybridized carbons (Fsp3) is 0.250. The van der Waals surface area contributed by atoms with Gasteiger partial charge in [0.25, 0.3) is 0 Å². The molecule has 2 rings (SSSR count). The minimum atomic E-state index is 0. The quantitative estimate of drug-likeness (QED) is 0.799. The number of nitrogens with two attached hydrogens (primary N) is 1. The zero-order valence-electron chi connectivity index (χ0n) is 7.43. The van der Waals surface area contributed by atoms with E-state index in [9.17, 15) is 0 Å². The standard InChI is InChI=1S/C8H10N4O.ClH/c9-4-3-7-10-8(12-11-7)6-2-1-5-13-6;/h1-2,5H,3-4,9H2,(H,10,11,12);1H. The molecule has 0 aliphatic carbocycles. The normalized spacial score (nSPS) is 9.79. The average molecular weight is 215 g/mol. The molecule has 0 radical (unpaired) electrons. The van der Waals surface area contributed by atoms with E-state index in [1.54, 1.807) is 12.3 Å². The maximum absolute atomic E-state index is 5.38. The average Bonchev–Trinajstić information content (AvgIpc) is 2.70. The summed E-state index contributed by atoms with van der Waals surface area (Å²) >= 11 is 0. The van der Waals surface area contributed by atoms with E-state index in [1.807, 2.05) is 6.07 Å². The fourth-order valence-electron chi connectivity index (χ4n) is 1.06. The van der Waals surface area contributed by atoms with Crippen molar-refractivity contribution in [3.8, 4) is 11.6 Å². The largest absolute Gasteiger partial charge is 0.461 e. The number of aromatic nitrogens is 3. The zero-order chi connectivity index (χ0) is 9.10. The SMILES string of the molecule is Cl.NCCc1nc(-c2ccco2)n[nH]1. The Kier molecular flexibility index (Phi) is 3.67. The Labute approximate surface area is 87.1 Å². The van der Waals surface area contributed by atoms with Crippen LogP contribution in [0.3, 0.4) is 0 Å². The summed E-state index contributed by atoms with van der Waals surface area (Å²) in [6.45, 7) is 0.562. The summed E-state index contributed by atoms with van der Waals surface area (Å²) < 4.78 is 5.13. The van der Waals surface area contributed by atoms with Crippen LogP contribution in [0, 0.1) is 0 Å². The smallest absolute Gasteiger partial charge is 0.216 e. The molecule has 2 heterocycles. The van der Waals surface area contributed by atoms with Gasteiger partial charge in [-0.3, -0.25) is 5.10 Å². The first-order valence-corrected chi connectivity index (χ1v) is 4.05. The number of furan rings is 1. The Bertz CT molecular complexity index is 370. The van der Waals surface area contributed by atoms with E-state index in [2.05, 4.69) is 15.2 Å². The van der Waals surface area contributed by atoms with Gasteiger partial charge in [0.05, 0.1) is 6.26 Å². The van der Waals surface area contributed by atoms with Gasteiger partial charge in [0.2, 0.25) is 5.82 Å². The van der Waals surface area contributed by atoms with E-state index in [1.165, 1.54) is 0 Å². The Hall–Kier alpha value is -1.33. The van der Waals surface area contributed by atoms with Gasteiger partial charge in [0.1, 0.15) is 5.82 Å². The lowest BCUT2D eigenvalue weighted by molar-refractivity contribution is 0.577. The molecule has 0 amide bonds. The number of halogens is 1. The van der Waals surface area contributed by atoms with Crippen molar-refractivity contribution in [2.75, 3.05) is 6.54 Å². The van der Waals surface area contributed by atoms with Gasteiger partial charge in [-0.05, 0) is 18.7 Å². The number of hydrogen-bond donors (Lipinski definition) is 2. The summed E-state index contributed by atoms with van der Waals surface area (Å²) in [7, 11) is 0. The number of hydrogen-bond acceptors (Lipinski definition) is 4. The minimum absolute atomic E-state index is 0. The van der Waals surface area contributed by atoms with Crippen LogP contribution in [-0.4, -0.2) is 21.7 Å². The van der Waals surface area contributed by atoms with Gasteiger partial charge in [-0.1, -0.05) is 0 Å². The molecule has 0 aromatic carbocycles. The van der Waals surface area contributed by atoms with Gasteiger partial charge in [0, 0.05) is 6.42 Å². The molecule has 14 heavy (non-hydrogen) atoms. The highest BCUT2D eigenvalue weighted by atomic mass is 35.5. The summed E-state index contributed by atoms with van der Waals surface area (Å²) in [5, 5.41) is 6.79. The molecule has 3 N–H and O–H groups in total. The van der Waals surface area contributed by atoms with Gasteiger partial charge in [-0.2, -0.15) is 5.10 Å². The van der Waals surface area contributed by atoms with Crippen LogP contribution in [0.4, 0.5) is 0 Å². The number of nitrogens with one attached hydrogen (secondary N) is 1. The number of aromatic amines is 1. The Morgan fingerprint density at radius 2 is 2.36 bits per heavy atom. The second kappa shape index (κ2) is 4.78. The molecule has 5 nitrogen and oxygen atoms in total. The lowest BCUT2D eigenvalue weighted by atomic mass is 10.4. The van der Waals surface area contributed by atoms with Crippen molar-refractivity contribution in [2.24, 2.45) is 5.73 Å². The highest BCUT2D eigenvalue weighted by Gasteiger charge is 2.06. The predicted octanol–water partition coefficient (Wildman–Crippen LogP) is 0.988. The van der Waals surface area contributed by atoms with Crippen LogP contribution in [-0.2, 0) is 6.42 Å². The van der Waals surface area contributed by atoms with E-state index in [-0.39, 0.29) is 12.4 Å². The number of H-pyrrole nitrogens is 1. The van der Waals surface area contributed by atoms with E-state index in [0.717, 1.165) is 5.82 Å². The molecule has 76 valence electrons. The molecule has 0 aliphatic heterocycles. The summed E-state index contributed by atoms with van der Waals surface area (Å²) in [6, 6.07) is 3.61. The van der Waals surface area contributed by atoms with Crippen molar-refractivity contribution < 1.29 is 4.42 Å².